The molecule has 0 unspecified atom stereocenters. The lowest BCUT2D eigenvalue weighted by atomic mass is 10.0. The fourth-order valence-electron chi connectivity index (χ4n) is 2.03. The van der Waals surface area contributed by atoms with Crippen LogP contribution in [0.25, 0.3) is 0 Å². The quantitative estimate of drug-likeness (QED) is 0.692. The molecule has 0 aromatic carbocycles. The fourth-order valence-corrected chi connectivity index (χ4v) is 2.03. The topological polar surface area (TPSA) is 63.4 Å². The van der Waals surface area contributed by atoms with Crippen molar-refractivity contribution in [2.45, 2.75) is 45.2 Å². The van der Waals surface area contributed by atoms with E-state index in [1.54, 1.807) is 4.90 Å². The molecule has 86 valence electrons. The number of nitrogens with two attached hydrogens (primary N) is 1. The van der Waals surface area contributed by atoms with Gasteiger partial charge in [-0.2, -0.15) is 0 Å². The number of hydrogen-bond donors (Lipinski definition) is 1. The minimum Gasteiger partial charge on any atom is -0.332 e. The van der Waals surface area contributed by atoms with E-state index in [1.807, 2.05) is 13.8 Å². The van der Waals surface area contributed by atoms with E-state index < -0.39 is 6.04 Å². The highest BCUT2D eigenvalue weighted by Gasteiger charge is 2.31. The molecule has 0 saturated carbocycles. The molecule has 2 atom stereocenters. The Bertz CT molecular complexity index is 241. The Hall–Kier alpha value is -0.900. The summed E-state index contributed by atoms with van der Waals surface area (Å²) in [6.45, 7) is 4.75. The highest BCUT2D eigenvalue weighted by molar-refractivity contribution is 5.84. The molecule has 4 nitrogen and oxygen atoms in total. The van der Waals surface area contributed by atoms with Gasteiger partial charge in [-0.3, -0.25) is 4.79 Å². The maximum Gasteiger partial charge on any atom is 0.240 e. The second-order valence-electron chi connectivity index (χ2n) is 4.61. The smallest absolute Gasteiger partial charge is 0.240 e. The first kappa shape index (κ1) is 12.2. The summed E-state index contributed by atoms with van der Waals surface area (Å²) in [6, 6.07) is -0.693. The van der Waals surface area contributed by atoms with Crippen LogP contribution >= 0.6 is 0 Å². The van der Waals surface area contributed by atoms with Crippen LogP contribution in [0.15, 0.2) is 0 Å². The van der Waals surface area contributed by atoms with Gasteiger partial charge in [-0.05, 0) is 25.2 Å². The maximum atomic E-state index is 11.9. The Balaban J connectivity index is 2.55. The number of rotatable bonds is 4. The van der Waals surface area contributed by atoms with Crippen molar-refractivity contribution in [2.75, 3.05) is 6.54 Å². The molecule has 1 saturated heterocycles. The van der Waals surface area contributed by atoms with Crippen LogP contribution in [0.5, 0.6) is 0 Å². The molecule has 0 aromatic rings. The monoisotopic (exact) mass is 212 g/mol. The van der Waals surface area contributed by atoms with E-state index in [-0.39, 0.29) is 11.9 Å². The molecule has 0 bridgehead atoms. The van der Waals surface area contributed by atoms with E-state index in [2.05, 4.69) is 0 Å². The standard InChI is InChI=1S/C11H20N2O2/c1-8(2)6-10(12)11(15)13-5-3-4-9(13)7-14/h7-10H,3-6,12H2,1-2H3/t9-,10-/m0/s1. The van der Waals surface area contributed by atoms with Gasteiger partial charge in [-0.25, -0.2) is 0 Å². The van der Waals surface area contributed by atoms with Crippen LogP contribution in [0.1, 0.15) is 33.1 Å². The summed E-state index contributed by atoms with van der Waals surface area (Å²) in [7, 11) is 0. The van der Waals surface area contributed by atoms with Crippen molar-refractivity contribution in [2.24, 2.45) is 11.7 Å². The average molecular weight is 212 g/mol. The van der Waals surface area contributed by atoms with Crippen LogP contribution in [0.4, 0.5) is 0 Å². The summed E-state index contributed by atoms with van der Waals surface area (Å²) in [5, 5.41) is 0. The molecular weight excluding hydrogens is 192 g/mol. The molecular formula is C11H20N2O2. The van der Waals surface area contributed by atoms with Gasteiger partial charge < -0.3 is 15.4 Å². The van der Waals surface area contributed by atoms with Crippen LogP contribution in [0, 0.1) is 5.92 Å². The van der Waals surface area contributed by atoms with E-state index in [1.165, 1.54) is 0 Å². The van der Waals surface area contributed by atoms with Gasteiger partial charge in [-0.15, -0.1) is 0 Å². The number of aldehydes is 1. The van der Waals surface area contributed by atoms with Crippen molar-refractivity contribution in [3.8, 4) is 0 Å². The lowest BCUT2D eigenvalue weighted by Crippen LogP contribution is -2.46. The van der Waals surface area contributed by atoms with Crippen LogP contribution in [0.3, 0.4) is 0 Å². The highest BCUT2D eigenvalue weighted by Crippen LogP contribution is 2.17. The predicted octanol–water partition coefficient (Wildman–Crippen LogP) is 0.550. The Morgan fingerprint density at radius 3 is 2.80 bits per heavy atom. The predicted molar refractivity (Wildman–Crippen MR) is 58.2 cm³/mol. The van der Waals surface area contributed by atoms with Crippen LogP contribution in [-0.2, 0) is 9.59 Å². The summed E-state index contributed by atoms with van der Waals surface area (Å²) in [5.41, 5.74) is 5.81. The Labute approximate surface area is 90.8 Å². The van der Waals surface area contributed by atoms with Crippen LogP contribution in [0.2, 0.25) is 0 Å². The summed E-state index contributed by atoms with van der Waals surface area (Å²) < 4.78 is 0. The normalized spacial score (nSPS) is 23.2. The van der Waals surface area contributed by atoms with E-state index in [0.717, 1.165) is 19.1 Å². The molecule has 2 N–H and O–H groups in total. The molecule has 1 rings (SSSR count). The largest absolute Gasteiger partial charge is 0.332 e. The maximum absolute atomic E-state index is 11.9. The zero-order valence-electron chi connectivity index (χ0n) is 9.48. The minimum atomic E-state index is -0.453. The van der Waals surface area contributed by atoms with Gasteiger partial charge >= 0.3 is 0 Å². The van der Waals surface area contributed by atoms with Crippen molar-refractivity contribution in [3.63, 3.8) is 0 Å². The van der Waals surface area contributed by atoms with E-state index in [9.17, 15) is 9.59 Å². The van der Waals surface area contributed by atoms with Crippen LogP contribution < -0.4 is 5.73 Å². The van der Waals surface area contributed by atoms with Crippen molar-refractivity contribution < 1.29 is 9.59 Å². The molecule has 1 aliphatic rings. The zero-order valence-corrected chi connectivity index (χ0v) is 9.48. The van der Waals surface area contributed by atoms with Gasteiger partial charge in [0.15, 0.2) is 0 Å². The molecule has 1 heterocycles. The molecule has 1 fully saturated rings. The van der Waals surface area contributed by atoms with Gasteiger partial charge in [-0.1, -0.05) is 13.8 Å². The molecule has 1 amide bonds. The SMILES string of the molecule is CC(C)C[C@H](N)C(=O)N1CCC[C@H]1C=O. The summed E-state index contributed by atoms with van der Waals surface area (Å²) >= 11 is 0. The zero-order chi connectivity index (χ0) is 11.4. The molecule has 0 radical (unpaired) electrons. The summed E-state index contributed by atoms with van der Waals surface area (Å²) in [6.07, 6.45) is 3.22. The van der Waals surface area contributed by atoms with Crippen molar-refractivity contribution >= 4 is 12.2 Å². The lowest BCUT2D eigenvalue weighted by Gasteiger charge is -2.24. The Morgan fingerprint density at radius 2 is 2.27 bits per heavy atom. The molecule has 0 aliphatic carbocycles. The molecule has 0 spiro atoms. The number of likely N-dealkylation sites (tertiary alicyclic amines) is 1. The lowest BCUT2D eigenvalue weighted by molar-refractivity contribution is -0.136. The summed E-state index contributed by atoms with van der Waals surface area (Å²) in [4.78, 5) is 24.2. The fraction of sp³-hybridized carbons (Fsp3) is 0.818. The third-order valence-corrected chi connectivity index (χ3v) is 2.78. The van der Waals surface area contributed by atoms with Gasteiger partial charge in [0, 0.05) is 6.54 Å². The number of amides is 1. The average Bonchev–Trinajstić information content (AvgIpc) is 2.62. The number of nitrogens with zero attached hydrogens (tertiary/aromatic N) is 1. The first-order valence-electron chi connectivity index (χ1n) is 5.57. The first-order chi connectivity index (χ1) is 7.06. The van der Waals surface area contributed by atoms with E-state index in [4.69, 9.17) is 5.73 Å². The number of hydrogen-bond acceptors (Lipinski definition) is 3. The second-order valence-corrected chi connectivity index (χ2v) is 4.61. The van der Waals surface area contributed by atoms with Crippen molar-refractivity contribution in [1.29, 1.82) is 0 Å². The van der Waals surface area contributed by atoms with E-state index in [0.29, 0.717) is 18.9 Å². The molecule has 1 aliphatic heterocycles. The molecule has 0 aromatic heterocycles. The van der Waals surface area contributed by atoms with Crippen molar-refractivity contribution in [3.05, 3.63) is 0 Å². The van der Waals surface area contributed by atoms with E-state index >= 15 is 0 Å². The van der Waals surface area contributed by atoms with Gasteiger partial charge in [0.1, 0.15) is 6.29 Å². The number of carbonyl (C=O) groups is 2. The molecule has 15 heavy (non-hydrogen) atoms. The highest BCUT2D eigenvalue weighted by atomic mass is 16.2. The van der Waals surface area contributed by atoms with Crippen LogP contribution in [-0.4, -0.2) is 35.7 Å². The Kier molecular flexibility index (Phi) is 4.27. The first-order valence-corrected chi connectivity index (χ1v) is 5.57. The van der Waals surface area contributed by atoms with Crippen molar-refractivity contribution in [1.82, 2.24) is 4.90 Å². The third kappa shape index (κ3) is 3.02. The summed E-state index contributed by atoms with van der Waals surface area (Å²) in [5.74, 6) is 0.333. The Morgan fingerprint density at radius 1 is 1.60 bits per heavy atom. The third-order valence-electron chi connectivity index (χ3n) is 2.78. The number of carbonyl (C=O) groups excluding carboxylic acids is 2. The second kappa shape index (κ2) is 5.26. The van der Waals surface area contributed by atoms with Gasteiger partial charge in [0.25, 0.3) is 0 Å². The van der Waals surface area contributed by atoms with Gasteiger partial charge in [0.2, 0.25) is 5.91 Å². The minimum absolute atomic E-state index is 0.0710. The molecule has 4 heteroatoms. The van der Waals surface area contributed by atoms with Gasteiger partial charge in [0.05, 0.1) is 12.1 Å².